The Kier molecular flexibility index (Phi) is 5.31. The molecule has 2 atom stereocenters. The van der Waals surface area contributed by atoms with E-state index in [0.29, 0.717) is 19.8 Å². The van der Waals surface area contributed by atoms with Gasteiger partial charge < -0.3 is 18.9 Å². The molecule has 5 nitrogen and oxygen atoms in total. The molecule has 0 bridgehead atoms. The number of carbonyl (C=O) groups excluding carboxylic acids is 1. The van der Waals surface area contributed by atoms with Crippen LogP contribution in [0.25, 0.3) is 0 Å². The van der Waals surface area contributed by atoms with Crippen LogP contribution in [0.4, 0.5) is 0 Å². The number of carbonyl (C=O) groups is 1. The summed E-state index contributed by atoms with van der Waals surface area (Å²) in [6.45, 7) is 7.17. The maximum absolute atomic E-state index is 10.7. The highest BCUT2D eigenvalue weighted by Gasteiger charge is 2.22. The lowest BCUT2D eigenvalue weighted by Crippen LogP contribution is -2.19. The van der Waals surface area contributed by atoms with Crippen molar-refractivity contribution in [2.24, 2.45) is 0 Å². The van der Waals surface area contributed by atoms with Crippen molar-refractivity contribution < 1.29 is 23.7 Å². The maximum atomic E-state index is 10.7. The molecular formula is C10H16O5. The molecule has 0 saturated carbocycles. The van der Waals surface area contributed by atoms with Gasteiger partial charge in [-0.15, -0.1) is 0 Å². The van der Waals surface area contributed by atoms with Gasteiger partial charge in [-0.05, 0) is 6.92 Å². The van der Waals surface area contributed by atoms with E-state index >= 15 is 0 Å². The lowest BCUT2D eigenvalue weighted by molar-refractivity contribution is -0.171. The molecule has 2 unspecified atom stereocenters. The summed E-state index contributed by atoms with van der Waals surface area (Å²) in [7, 11) is 0. The average molecular weight is 216 g/mol. The predicted molar refractivity (Wildman–Crippen MR) is 52.3 cm³/mol. The van der Waals surface area contributed by atoms with Gasteiger partial charge in [0.05, 0.1) is 26.4 Å². The van der Waals surface area contributed by atoms with E-state index in [-0.39, 0.29) is 6.10 Å². The third kappa shape index (κ3) is 6.22. The molecule has 1 saturated heterocycles. The Balaban J connectivity index is 1.88. The molecule has 0 aromatic heterocycles. The minimum atomic E-state index is -0.573. The molecule has 0 spiro atoms. The van der Waals surface area contributed by atoms with E-state index in [1.54, 1.807) is 6.92 Å². The zero-order valence-corrected chi connectivity index (χ0v) is 8.81. The summed E-state index contributed by atoms with van der Waals surface area (Å²) in [6.07, 6.45) is 0.790. The Labute approximate surface area is 88.9 Å². The first-order chi connectivity index (χ1) is 7.22. The molecule has 0 amide bonds. The van der Waals surface area contributed by atoms with E-state index in [1.165, 1.54) is 0 Å². The van der Waals surface area contributed by atoms with Gasteiger partial charge in [0.25, 0.3) is 0 Å². The Hall–Kier alpha value is -0.910. The SMILES string of the molecule is C=CC(=O)OC(C)OCCOCC1CO1. The van der Waals surface area contributed by atoms with Crippen molar-refractivity contribution in [2.45, 2.75) is 19.3 Å². The fraction of sp³-hybridized carbons (Fsp3) is 0.700. The van der Waals surface area contributed by atoms with Gasteiger partial charge in [-0.2, -0.15) is 0 Å². The predicted octanol–water partition coefficient (Wildman–Crippen LogP) is 0.494. The lowest BCUT2D eigenvalue weighted by Gasteiger charge is -2.12. The van der Waals surface area contributed by atoms with Crippen molar-refractivity contribution >= 4 is 5.97 Å². The molecule has 86 valence electrons. The summed E-state index contributed by atoms with van der Waals surface area (Å²) in [6, 6.07) is 0. The zero-order chi connectivity index (χ0) is 11.1. The molecule has 15 heavy (non-hydrogen) atoms. The quantitative estimate of drug-likeness (QED) is 0.194. The largest absolute Gasteiger partial charge is 0.433 e. The van der Waals surface area contributed by atoms with E-state index < -0.39 is 12.3 Å². The third-order valence-corrected chi connectivity index (χ3v) is 1.74. The van der Waals surface area contributed by atoms with Crippen LogP contribution in [0, 0.1) is 0 Å². The van der Waals surface area contributed by atoms with Gasteiger partial charge in [0, 0.05) is 6.08 Å². The van der Waals surface area contributed by atoms with Gasteiger partial charge in [0.1, 0.15) is 6.10 Å². The van der Waals surface area contributed by atoms with Crippen LogP contribution in [0.1, 0.15) is 6.92 Å². The van der Waals surface area contributed by atoms with Crippen LogP contribution in [-0.2, 0) is 23.7 Å². The highest BCUT2D eigenvalue weighted by molar-refractivity contribution is 5.81. The van der Waals surface area contributed by atoms with Crippen LogP contribution in [-0.4, -0.2) is 44.8 Å². The standard InChI is InChI=1S/C10H16O5/c1-3-10(11)15-8(2)13-5-4-12-6-9-7-14-9/h3,8-9H,1,4-7H2,2H3. The first kappa shape index (κ1) is 12.2. The highest BCUT2D eigenvalue weighted by Crippen LogP contribution is 2.08. The minimum absolute atomic E-state index is 0.265. The Morgan fingerprint density at radius 2 is 2.40 bits per heavy atom. The van der Waals surface area contributed by atoms with Gasteiger partial charge in [-0.25, -0.2) is 4.79 Å². The second kappa shape index (κ2) is 6.55. The Morgan fingerprint density at radius 3 is 3.00 bits per heavy atom. The van der Waals surface area contributed by atoms with E-state index in [0.717, 1.165) is 12.7 Å². The van der Waals surface area contributed by atoms with Crippen molar-refractivity contribution in [2.75, 3.05) is 26.4 Å². The fourth-order valence-corrected chi connectivity index (χ4v) is 0.898. The number of esters is 1. The van der Waals surface area contributed by atoms with E-state index in [1.807, 2.05) is 0 Å². The van der Waals surface area contributed by atoms with Crippen molar-refractivity contribution in [1.29, 1.82) is 0 Å². The van der Waals surface area contributed by atoms with Crippen LogP contribution in [0.5, 0.6) is 0 Å². The van der Waals surface area contributed by atoms with E-state index in [2.05, 4.69) is 6.58 Å². The van der Waals surface area contributed by atoms with Crippen molar-refractivity contribution in [3.63, 3.8) is 0 Å². The number of hydrogen-bond acceptors (Lipinski definition) is 5. The van der Waals surface area contributed by atoms with Gasteiger partial charge in [0.2, 0.25) is 6.29 Å². The molecule has 1 aliphatic rings. The van der Waals surface area contributed by atoms with Crippen molar-refractivity contribution in [3.8, 4) is 0 Å². The van der Waals surface area contributed by atoms with Gasteiger partial charge >= 0.3 is 5.97 Å². The van der Waals surface area contributed by atoms with E-state index in [9.17, 15) is 4.79 Å². The molecule has 0 aromatic rings. The summed E-state index contributed by atoms with van der Waals surface area (Å²) >= 11 is 0. The normalized spacial score (nSPS) is 20.7. The monoisotopic (exact) mass is 216 g/mol. The fourth-order valence-electron chi connectivity index (χ4n) is 0.898. The summed E-state index contributed by atoms with van der Waals surface area (Å²) in [5.41, 5.74) is 0. The summed E-state index contributed by atoms with van der Waals surface area (Å²) in [4.78, 5) is 10.7. The molecule has 1 heterocycles. The van der Waals surface area contributed by atoms with E-state index in [4.69, 9.17) is 18.9 Å². The molecule has 5 heteroatoms. The van der Waals surface area contributed by atoms with Crippen molar-refractivity contribution in [1.82, 2.24) is 0 Å². The molecule has 0 radical (unpaired) electrons. The zero-order valence-electron chi connectivity index (χ0n) is 8.81. The lowest BCUT2D eigenvalue weighted by atomic mass is 10.5. The van der Waals surface area contributed by atoms with Crippen LogP contribution >= 0.6 is 0 Å². The molecule has 1 rings (SSSR count). The first-order valence-electron chi connectivity index (χ1n) is 4.86. The van der Waals surface area contributed by atoms with Crippen LogP contribution in [0.15, 0.2) is 12.7 Å². The summed E-state index contributed by atoms with van der Waals surface area (Å²) in [5, 5.41) is 0. The minimum Gasteiger partial charge on any atom is -0.433 e. The second-order valence-electron chi connectivity index (χ2n) is 3.11. The number of epoxide rings is 1. The smallest absolute Gasteiger partial charge is 0.332 e. The summed E-state index contributed by atoms with van der Waals surface area (Å²) in [5.74, 6) is -0.491. The Bertz CT molecular complexity index is 212. The first-order valence-corrected chi connectivity index (χ1v) is 4.86. The maximum Gasteiger partial charge on any atom is 0.332 e. The molecule has 0 aromatic carbocycles. The summed E-state index contributed by atoms with van der Waals surface area (Å²) < 4.78 is 20.1. The third-order valence-electron chi connectivity index (χ3n) is 1.74. The molecule has 1 fully saturated rings. The Morgan fingerprint density at radius 1 is 1.67 bits per heavy atom. The van der Waals surface area contributed by atoms with Gasteiger partial charge in [0.15, 0.2) is 0 Å². The number of hydrogen-bond donors (Lipinski definition) is 0. The molecule has 0 aliphatic carbocycles. The molecule has 1 aliphatic heterocycles. The second-order valence-corrected chi connectivity index (χ2v) is 3.11. The van der Waals surface area contributed by atoms with Crippen LogP contribution < -0.4 is 0 Å². The number of ether oxygens (including phenoxy) is 4. The van der Waals surface area contributed by atoms with Crippen LogP contribution in [0.2, 0.25) is 0 Å². The molecule has 0 N–H and O–H groups in total. The highest BCUT2D eigenvalue weighted by atomic mass is 16.7. The topological polar surface area (TPSA) is 57.3 Å². The van der Waals surface area contributed by atoms with Gasteiger partial charge in [-0.1, -0.05) is 6.58 Å². The van der Waals surface area contributed by atoms with Crippen LogP contribution in [0.3, 0.4) is 0 Å². The van der Waals surface area contributed by atoms with Gasteiger partial charge in [-0.3, -0.25) is 0 Å². The van der Waals surface area contributed by atoms with Crippen molar-refractivity contribution in [3.05, 3.63) is 12.7 Å². The molecular weight excluding hydrogens is 200 g/mol. The number of rotatable bonds is 8. The average Bonchev–Trinajstić information content (AvgIpc) is 3.01.